The summed E-state index contributed by atoms with van der Waals surface area (Å²) in [5.41, 5.74) is 1.50. The van der Waals surface area contributed by atoms with Gasteiger partial charge in [-0.3, -0.25) is 4.79 Å². The number of nitrogens with zero attached hydrogens (tertiary/aromatic N) is 3. The Hall–Kier alpha value is -4.03. The van der Waals surface area contributed by atoms with Gasteiger partial charge in [-0.2, -0.15) is 0 Å². The molecule has 10 heteroatoms. The van der Waals surface area contributed by atoms with Crippen LogP contribution in [0.25, 0.3) is 0 Å². The van der Waals surface area contributed by atoms with Crippen LogP contribution in [0.1, 0.15) is 92.0 Å². The number of aliphatic hydroxyl groups is 2. The summed E-state index contributed by atoms with van der Waals surface area (Å²) in [7, 11) is 0. The summed E-state index contributed by atoms with van der Waals surface area (Å²) in [5, 5.41) is 29.5. The maximum atomic E-state index is 12.9. The zero-order chi connectivity index (χ0) is 37.9. The van der Waals surface area contributed by atoms with Crippen LogP contribution in [0.3, 0.4) is 0 Å². The second kappa shape index (κ2) is 16.0. The van der Waals surface area contributed by atoms with Gasteiger partial charge in [0, 0.05) is 36.6 Å². The minimum absolute atomic E-state index is 0.0498. The molecule has 0 radical (unpaired) electrons. The second-order valence-corrected chi connectivity index (χ2v) is 15.9. The Morgan fingerprint density at radius 1 is 0.963 bits per heavy atom. The molecule has 4 aliphatic heterocycles. The van der Waals surface area contributed by atoms with Crippen LogP contribution in [-0.2, 0) is 38.5 Å². The molecule has 3 aromatic rings. The van der Waals surface area contributed by atoms with Gasteiger partial charge in [-0.1, -0.05) is 96.3 Å². The molecule has 5 heterocycles. The van der Waals surface area contributed by atoms with E-state index in [9.17, 15) is 15.0 Å². The number of carbonyl (C=O) groups is 1. The quantitative estimate of drug-likeness (QED) is 0.131. The predicted molar refractivity (Wildman–Crippen MR) is 205 cm³/mol. The molecule has 0 amide bonds. The largest absolute Gasteiger partial charge is 0.392 e. The first-order valence-corrected chi connectivity index (χ1v) is 19.2. The first kappa shape index (κ1) is 38.3. The molecule has 7 rings (SSSR count). The average molecular weight is 736 g/mol. The van der Waals surface area contributed by atoms with Gasteiger partial charge in [0.05, 0.1) is 54.5 Å². The standard InChI is InChI=1S/C44H53N3O7/c1-5-6-7-8-9-12-38-42(2,50)23-22-36-37(51-38)25-40-44(4,54-36)29-43(3)39(52-40)13-10-11-35(53-43)24-34-27-47(46-45-34)26-30-14-18-32(19-15-30)41(49)33-20-16-31(28-48)17-21-33/h5,7-9,12,14-23,27,35-40,48,50H,1,6,10-11,13,24-26,28-29H2,2-4H3/b8-7-,12-9-/t35-,36-,37+,38-,39+,40-,42+,43-,44+/m1/s1. The number of benzene rings is 2. The molecule has 4 aliphatic rings. The first-order chi connectivity index (χ1) is 26.0. The number of rotatable bonds is 11. The maximum Gasteiger partial charge on any atom is 0.193 e. The van der Waals surface area contributed by atoms with E-state index < -0.39 is 22.9 Å². The van der Waals surface area contributed by atoms with E-state index in [0.29, 0.717) is 36.9 Å². The highest BCUT2D eigenvalue weighted by Crippen LogP contribution is 2.49. The molecule has 286 valence electrons. The fourth-order valence-corrected chi connectivity index (χ4v) is 8.46. The van der Waals surface area contributed by atoms with E-state index in [0.717, 1.165) is 42.5 Å². The van der Waals surface area contributed by atoms with Crippen LogP contribution >= 0.6 is 0 Å². The van der Waals surface area contributed by atoms with Crippen molar-refractivity contribution in [1.29, 1.82) is 0 Å². The summed E-state index contributed by atoms with van der Waals surface area (Å²) in [5.74, 6) is -0.0598. The van der Waals surface area contributed by atoms with Gasteiger partial charge in [-0.25, -0.2) is 4.68 Å². The Labute approximate surface area is 318 Å². The van der Waals surface area contributed by atoms with Gasteiger partial charge < -0.3 is 29.2 Å². The molecule has 10 nitrogen and oxygen atoms in total. The van der Waals surface area contributed by atoms with Crippen LogP contribution in [0.4, 0.5) is 0 Å². The van der Waals surface area contributed by atoms with Crippen molar-refractivity contribution in [3.63, 3.8) is 0 Å². The van der Waals surface area contributed by atoms with E-state index >= 15 is 0 Å². The number of fused-ring (bicyclic) bond motifs is 3. The monoisotopic (exact) mass is 735 g/mol. The molecule has 0 unspecified atom stereocenters. The summed E-state index contributed by atoms with van der Waals surface area (Å²) in [4.78, 5) is 12.9. The normalized spacial score (nSPS) is 33.8. The first-order valence-electron chi connectivity index (χ1n) is 19.2. The van der Waals surface area contributed by atoms with Crippen LogP contribution < -0.4 is 0 Å². The Morgan fingerprint density at radius 2 is 1.69 bits per heavy atom. The predicted octanol–water partition coefficient (Wildman–Crippen LogP) is 6.39. The third kappa shape index (κ3) is 8.44. The molecular weight excluding hydrogens is 682 g/mol. The molecule has 3 saturated heterocycles. The summed E-state index contributed by atoms with van der Waals surface area (Å²) < 4.78 is 29.1. The number of hydrogen-bond donors (Lipinski definition) is 2. The fourth-order valence-electron chi connectivity index (χ4n) is 8.46. The molecule has 0 bridgehead atoms. The molecule has 0 saturated carbocycles. The zero-order valence-corrected chi connectivity index (χ0v) is 31.6. The Morgan fingerprint density at radius 3 is 2.41 bits per heavy atom. The molecule has 0 spiro atoms. The molecule has 3 fully saturated rings. The van der Waals surface area contributed by atoms with Crippen molar-refractivity contribution < 1.29 is 34.0 Å². The minimum atomic E-state index is -1.19. The lowest BCUT2D eigenvalue weighted by atomic mass is 9.74. The summed E-state index contributed by atoms with van der Waals surface area (Å²) in [6.45, 7) is 10.3. The van der Waals surface area contributed by atoms with Crippen molar-refractivity contribution in [2.45, 2.75) is 132 Å². The number of ketones is 1. The molecular formula is C44H53N3O7. The van der Waals surface area contributed by atoms with Crippen molar-refractivity contribution in [2.75, 3.05) is 0 Å². The SMILES string of the molecule is C=CC/C=C\C=C/[C@H]1O[C@H]2C[C@H]3O[C@H]4CCC[C@H](Cc5cn(Cc6ccc(C(=O)c7ccc(CO)cc7)cc6)nn5)O[C@]4(C)C[C@]3(C)O[C@@H]2C=C[C@]1(C)O. The Bertz CT molecular complexity index is 1860. The smallest absolute Gasteiger partial charge is 0.193 e. The number of carbonyl (C=O) groups excluding carboxylic acids is 1. The topological polar surface area (TPSA) is 125 Å². The van der Waals surface area contributed by atoms with Crippen LogP contribution in [0.2, 0.25) is 0 Å². The van der Waals surface area contributed by atoms with E-state index in [1.165, 1.54) is 0 Å². The highest BCUT2D eigenvalue weighted by Gasteiger charge is 2.59. The zero-order valence-electron chi connectivity index (χ0n) is 31.6. The maximum absolute atomic E-state index is 12.9. The summed E-state index contributed by atoms with van der Waals surface area (Å²) in [6, 6.07) is 14.6. The second-order valence-electron chi connectivity index (χ2n) is 15.9. The van der Waals surface area contributed by atoms with Gasteiger partial charge >= 0.3 is 0 Å². The third-order valence-electron chi connectivity index (χ3n) is 11.4. The summed E-state index contributed by atoms with van der Waals surface area (Å²) in [6.07, 6.45) is 19.4. The van der Waals surface area contributed by atoms with E-state index in [1.54, 1.807) is 37.3 Å². The number of ether oxygens (including phenoxy) is 4. The minimum Gasteiger partial charge on any atom is -0.392 e. The van der Waals surface area contributed by atoms with Crippen molar-refractivity contribution in [2.24, 2.45) is 0 Å². The molecule has 54 heavy (non-hydrogen) atoms. The number of hydrogen-bond acceptors (Lipinski definition) is 9. The third-order valence-corrected chi connectivity index (χ3v) is 11.4. The average Bonchev–Trinajstić information content (AvgIpc) is 3.47. The number of aromatic nitrogens is 3. The Balaban J connectivity index is 0.969. The van der Waals surface area contributed by atoms with Crippen LogP contribution in [0.15, 0.2) is 104 Å². The lowest BCUT2D eigenvalue weighted by molar-refractivity contribution is -0.314. The van der Waals surface area contributed by atoms with Crippen molar-refractivity contribution >= 4 is 5.78 Å². The molecule has 0 aliphatic carbocycles. The van der Waals surface area contributed by atoms with E-state index in [4.69, 9.17) is 18.9 Å². The van der Waals surface area contributed by atoms with Crippen LogP contribution in [0.5, 0.6) is 0 Å². The molecule has 1 aromatic heterocycles. The van der Waals surface area contributed by atoms with E-state index in [2.05, 4.69) is 30.7 Å². The van der Waals surface area contributed by atoms with Gasteiger partial charge in [0.2, 0.25) is 0 Å². The molecule has 2 N–H and O–H groups in total. The lowest BCUT2D eigenvalue weighted by Gasteiger charge is -2.56. The van der Waals surface area contributed by atoms with Crippen molar-refractivity contribution in [3.05, 3.63) is 132 Å². The van der Waals surface area contributed by atoms with Crippen molar-refractivity contribution in [3.8, 4) is 0 Å². The lowest BCUT2D eigenvalue weighted by Crippen LogP contribution is -2.66. The van der Waals surface area contributed by atoms with Gasteiger partial charge in [-0.15, -0.1) is 11.7 Å². The van der Waals surface area contributed by atoms with Gasteiger partial charge in [0.25, 0.3) is 0 Å². The van der Waals surface area contributed by atoms with E-state index in [-0.39, 0.29) is 42.9 Å². The van der Waals surface area contributed by atoms with Gasteiger partial charge in [0.1, 0.15) is 17.8 Å². The van der Waals surface area contributed by atoms with Crippen LogP contribution in [0, 0.1) is 0 Å². The highest BCUT2D eigenvalue weighted by atomic mass is 16.6. The Kier molecular flexibility index (Phi) is 11.3. The van der Waals surface area contributed by atoms with E-state index in [1.807, 2.05) is 71.6 Å². The summed E-state index contributed by atoms with van der Waals surface area (Å²) >= 11 is 0. The molecule has 2 aromatic carbocycles. The van der Waals surface area contributed by atoms with Crippen LogP contribution in [-0.4, -0.2) is 84.4 Å². The fraction of sp³-hybridized carbons (Fsp3) is 0.477. The van der Waals surface area contributed by atoms with Crippen molar-refractivity contribution in [1.82, 2.24) is 15.0 Å². The van der Waals surface area contributed by atoms with Gasteiger partial charge in [-0.05, 0) is 57.6 Å². The van der Waals surface area contributed by atoms with Gasteiger partial charge in [0.15, 0.2) is 5.78 Å². The number of aliphatic hydroxyl groups excluding tert-OH is 1. The molecule has 9 atom stereocenters. The highest BCUT2D eigenvalue weighted by molar-refractivity contribution is 6.09. The number of allylic oxidation sites excluding steroid dienone is 4.